The van der Waals surface area contributed by atoms with Crippen LogP contribution in [0.1, 0.15) is 16.7 Å². The molecule has 9 heteroatoms. The van der Waals surface area contributed by atoms with Gasteiger partial charge in [-0.1, -0.05) is 6.07 Å². The van der Waals surface area contributed by atoms with Crippen LogP contribution in [0.5, 0.6) is 5.75 Å². The molecule has 0 bridgehead atoms. The monoisotopic (exact) mass is 372 g/mol. The van der Waals surface area contributed by atoms with Gasteiger partial charge in [0.15, 0.2) is 29.9 Å². The molecule has 4 nitrogen and oxygen atoms in total. The molecule has 0 aliphatic carbocycles. The Morgan fingerprint density at radius 1 is 0.962 bits per heavy atom. The normalized spacial score (nSPS) is 11.0. The van der Waals surface area contributed by atoms with Crippen molar-refractivity contribution in [3.05, 3.63) is 64.0 Å². The van der Waals surface area contributed by atoms with Crippen molar-refractivity contribution in [1.82, 2.24) is 5.43 Å². The second kappa shape index (κ2) is 7.94. The summed E-state index contributed by atoms with van der Waals surface area (Å²) in [7, 11) is 0. The molecule has 0 aliphatic rings. The molecule has 0 spiro atoms. The van der Waals surface area contributed by atoms with E-state index in [2.05, 4.69) is 5.10 Å². The van der Waals surface area contributed by atoms with Crippen LogP contribution in [0, 0.1) is 42.9 Å². The number of aryl methyl sites for hydroxylation is 2. The molecule has 0 saturated heterocycles. The molecule has 0 fully saturated rings. The summed E-state index contributed by atoms with van der Waals surface area (Å²) in [6.07, 6.45) is 0.324. The number of ether oxygens (including phenoxy) is 1. The highest BCUT2D eigenvalue weighted by Gasteiger charge is 2.24. The van der Waals surface area contributed by atoms with Gasteiger partial charge in [-0.25, -0.2) is 27.4 Å². The lowest BCUT2D eigenvalue weighted by atomic mass is 10.1. The van der Waals surface area contributed by atoms with Crippen molar-refractivity contribution >= 4 is 12.1 Å². The minimum atomic E-state index is -2.27. The fraction of sp³-hybridized carbons (Fsp3) is 0.176. The molecule has 1 amide bonds. The molecule has 0 saturated carbocycles. The summed E-state index contributed by atoms with van der Waals surface area (Å²) in [5, 5.41) is 3.18. The largest absolute Gasteiger partial charge is 0.484 e. The van der Waals surface area contributed by atoms with Gasteiger partial charge in [0.05, 0.1) is 11.8 Å². The summed E-state index contributed by atoms with van der Waals surface area (Å²) < 4.78 is 71.0. The lowest BCUT2D eigenvalue weighted by molar-refractivity contribution is -0.123. The van der Waals surface area contributed by atoms with E-state index in [1.54, 1.807) is 12.1 Å². The number of hydrogen-bond donors (Lipinski definition) is 1. The molecule has 138 valence electrons. The van der Waals surface area contributed by atoms with E-state index in [0.717, 1.165) is 11.1 Å². The average Bonchev–Trinajstić information content (AvgIpc) is 2.58. The molecule has 26 heavy (non-hydrogen) atoms. The quantitative estimate of drug-likeness (QED) is 0.287. The van der Waals surface area contributed by atoms with Crippen LogP contribution < -0.4 is 10.2 Å². The highest BCUT2D eigenvalue weighted by molar-refractivity contribution is 5.83. The molecule has 2 aromatic carbocycles. The molecule has 0 aromatic heterocycles. The number of rotatable bonds is 5. The predicted octanol–water partition coefficient (Wildman–Crippen LogP) is 3.53. The first-order valence-electron chi connectivity index (χ1n) is 7.25. The van der Waals surface area contributed by atoms with Gasteiger partial charge in [0, 0.05) is 0 Å². The minimum absolute atomic E-state index is 0.324. The van der Waals surface area contributed by atoms with Gasteiger partial charge in [-0.3, -0.25) is 4.79 Å². The van der Waals surface area contributed by atoms with Crippen LogP contribution in [0.25, 0.3) is 0 Å². The van der Waals surface area contributed by atoms with Crippen LogP contribution in [0.4, 0.5) is 22.0 Å². The second-order valence-corrected chi connectivity index (χ2v) is 5.39. The van der Waals surface area contributed by atoms with Gasteiger partial charge in [0.1, 0.15) is 5.75 Å². The smallest absolute Gasteiger partial charge is 0.277 e. The maximum Gasteiger partial charge on any atom is 0.277 e. The van der Waals surface area contributed by atoms with Crippen LogP contribution in [-0.4, -0.2) is 18.7 Å². The Morgan fingerprint density at radius 2 is 1.46 bits per heavy atom. The molecule has 2 aromatic rings. The number of benzene rings is 2. The number of carbonyl (C=O) groups excluding carboxylic acids is 1. The number of amides is 1. The van der Waals surface area contributed by atoms with Crippen molar-refractivity contribution in [2.24, 2.45) is 5.10 Å². The van der Waals surface area contributed by atoms with Gasteiger partial charge >= 0.3 is 0 Å². The van der Waals surface area contributed by atoms with Crippen LogP contribution in [0.2, 0.25) is 0 Å². The number of nitrogens with one attached hydrogen (secondary N) is 1. The fourth-order valence-electron chi connectivity index (χ4n) is 2.10. The van der Waals surface area contributed by atoms with Gasteiger partial charge in [0.25, 0.3) is 5.91 Å². The van der Waals surface area contributed by atoms with E-state index in [1.165, 1.54) is 0 Å². The topological polar surface area (TPSA) is 50.7 Å². The number of carbonyl (C=O) groups is 1. The molecule has 0 heterocycles. The molecular weight excluding hydrogens is 359 g/mol. The number of halogens is 5. The van der Waals surface area contributed by atoms with E-state index >= 15 is 0 Å². The standard InChI is InChI=1S/C17H13F5N2O2/c1-8-3-9(2)5-10(4-8)26-7-12(25)24-23-6-11-13(18)15(20)17(22)16(21)14(11)19/h3-6H,7H2,1-2H3,(H,24,25)/b23-6-. The lowest BCUT2D eigenvalue weighted by Gasteiger charge is -2.07. The van der Waals surface area contributed by atoms with E-state index in [-0.39, 0.29) is 0 Å². The molecule has 0 unspecified atom stereocenters. The summed E-state index contributed by atoms with van der Waals surface area (Å²) in [6, 6.07) is 5.29. The van der Waals surface area contributed by atoms with Gasteiger partial charge < -0.3 is 4.74 Å². The van der Waals surface area contributed by atoms with Crippen molar-refractivity contribution in [1.29, 1.82) is 0 Å². The highest BCUT2D eigenvalue weighted by Crippen LogP contribution is 2.21. The molecule has 1 N–H and O–H groups in total. The third-order valence-corrected chi connectivity index (χ3v) is 3.19. The zero-order valence-electron chi connectivity index (χ0n) is 13.7. The minimum Gasteiger partial charge on any atom is -0.484 e. The summed E-state index contributed by atoms with van der Waals surface area (Å²) in [6.45, 7) is 3.22. The Hall–Kier alpha value is -2.97. The van der Waals surface area contributed by atoms with Gasteiger partial charge in [-0.05, 0) is 37.1 Å². The second-order valence-electron chi connectivity index (χ2n) is 5.39. The molecule has 0 radical (unpaired) electrons. The third kappa shape index (κ3) is 4.35. The molecule has 0 aliphatic heterocycles. The first-order valence-corrected chi connectivity index (χ1v) is 7.25. The number of hydrogen-bond acceptors (Lipinski definition) is 3. The van der Waals surface area contributed by atoms with E-state index < -0.39 is 47.2 Å². The maximum atomic E-state index is 13.4. The predicted molar refractivity (Wildman–Crippen MR) is 83.4 cm³/mol. The Labute approximate surface area is 145 Å². The van der Waals surface area contributed by atoms with Crippen molar-refractivity contribution in [3.8, 4) is 5.75 Å². The lowest BCUT2D eigenvalue weighted by Crippen LogP contribution is -2.24. The van der Waals surface area contributed by atoms with Gasteiger partial charge in [-0.15, -0.1) is 0 Å². The molecule has 0 atom stereocenters. The first-order chi connectivity index (χ1) is 12.2. The summed E-state index contributed by atoms with van der Waals surface area (Å²) >= 11 is 0. The average molecular weight is 372 g/mol. The molecular formula is C17H13F5N2O2. The number of hydrazone groups is 1. The van der Waals surface area contributed by atoms with Crippen LogP contribution in [-0.2, 0) is 4.79 Å². The first kappa shape index (κ1) is 19.4. The van der Waals surface area contributed by atoms with Crippen molar-refractivity contribution in [3.63, 3.8) is 0 Å². The van der Waals surface area contributed by atoms with Crippen molar-refractivity contribution < 1.29 is 31.5 Å². The summed E-state index contributed by atoms with van der Waals surface area (Å²) in [4.78, 5) is 11.6. The van der Waals surface area contributed by atoms with Crippen LogP contribution >= 0.6 is 0 Å². The SMILES string of the molecule is Cc1cc(C)cc(OCC(=O)N/N=C\c2c(F)c(F)c(F)c(F)c2F)c1. The van der Waals surface area contributed by atoms with Crippen LogP contribution in [0.15, 0.2) is 23.3 Å². The maximum absolute atomic E-state index is 13.4. The van der Waals surface area contributed by atoms with Crippen molar-refractivity contribution in [2.45, 2.75) is 13.8 Å². The van der Waals surface area contributed by atoms with E-state index in [9.17, 15) is 26.7 Å². The number of nitrogens with zero attached hydrogens (tertiary/aromatic N) is 1. The summed E-state index contributed by atoms with van der Waals surface area (Å²) in [5.41, 5.74) is 2.45. The molecule has 2 rings (SSSR count). The Kier molecular flexibility index (Phi) is 5.91. The van der Waals surface area contributed by atoms with Gasteiger partial charge in [0.2, 0.25) is 5.82 Å². The Balaban J connectivity index is 2.01. The van der Waals surface area contributed by atoms with E-state index in [4.69, 9.17) is 4.74 Å². The van der Waals surface area contributed by atoms with Crippen LogP contribution in [0.3, 0.4) is 0 Å². The highest BCUT2D eigenvalue weighted by atomic mass is 19.2. The zero-order chi connectivity index (χ0) is 19.4. The Bertz CT molecular complexity index is 835. The third-order valence-electron chi connectivity index (χ3n) is 3.19. The zero-order valence-corrected chi connectivity index (χ0v) is 13.7. The van der Waals surface area contributed by atoms with E-state index in [0.29, 0.717) is 12.0 Å². The van der Waals surface area contributed by atoms with Crippen molar-refractivity contribution in [2.75, 3.05) is 6.61 Å². The fourth-order valence-corrected chi connectivity index (χ4v) is 2.10. The summed E-state index contributed by atoms with van der Waals surface area (Å²) in [5.74, 6) is -10.9. The Morgan fingerprint density at radius 3 is 2.00 bits per heavy atom. The van der Waals surface area contributed by atoms with E-state index in [1.807, 2.05) is 25.3 Å². The van der Waals surface area contributed by atoms with Gasteiger partial charge in [-0.2, -0.15) is 5.10 Å².